The Bertz CT molecular complexity index is 512. The van der Waals surface area contributed by atoms with Gasteiger partial charge in [-0.3, -0.25) is 4.79 Å². The van der Waals surface area contributed by atoms with Crippen LogP contribution in [0.3, 0.4) is 0 Å². The van der Waals surface area contributed by atoms with Gasteiger partial charge in [0.2, 0.25) is 0 Å². The van der Waals surface area contributed by atoms with Gasteiger partial charge in [0.1, 0.15) is 5.75 Å². The fourth-order valence-corrected chi connectivity index (χ4v) is 2.20. The predicted octanol–water partition coefficient (Wildman–Crippen LogP) is 3.06. The molecule has 2 rings (SSSR count). The van der Waals surface area contributed by atoms with Crippen LogP contribution in [0.1, 0.15) is 24.8 Å². The van der Waals surface area contributed by atoms with E-state index in [1.165, 1.54) is 0 Å². The molecule has 1 aromatic carbocycles. The van der Waals surface area contributed by atoms with Gasteiger partial charge in [-0.1, -0.05) is 24.3 Å². The van der Waals surface area contributed by atoms with E-state index < -0.39 is 5.97 Å². The first-order valence-electron chi connectivity index (χ1n) is 6.03. The number of aliphatic carboxylic acids is 1. The molecule has 0 unspecified atom stereocenters. The molecule has 0 aliphatic heterocycles. The molecule has 1 aliphatic rings. The lowest BCUT2D eigenvalue weighted by Crippen LogP contribution is -2.05. The standard InChI is InChI=1S/C15H16O3/c16-14-7-3-4-11(9-14)8-12-5-1-2-6-13(12)10-15(17)18/h3-7,9,16H,1-2,8,10H2,(H,17,18). The second-order valence-corrected chi connectivity index (χ2v) is 4.45. The summed E-state index contributed by atoms with van der Waals surface area (Å²) in [5.74, 6) is -0.558. The van der Waals surface area contributed by atoms with Gasteiger partial charge in [0.25, 0.3) is 0 Å². The number of allylic oxidation sites excluding steroid dienone is 3. The fourth-order valence-electron chi connectivity index (χ4n) is 2.20. The van der Waals surface area contributed by atoms with E-state index in [9.17, 15) is 9.90 Å². The van der Waals surface area contributed by atoms with Gasteiger partial charge < -0.3 is 10.2 Å². The van der Waals surface area contributed by atoms with Crippen molar-refractivity contribution in [3.63, 3.8) is 0 Å². The highest BCUT2D eigenvalue weighted by Gasteiger charge is 2.13. The van der Waals surface area contributed by atoms with Gasteiger partial charge in [0.15, 0.2) is 0 Å². The number of rotatable bonds is 4. The van der Waals surface area contributed by atoms with E-state index in [4.69, 9.17) is 5.11 Å². The lowest BCUT2D eigenvalue weighted by Gasteiger charge is -2.15. The monoisotopic (exact) mass is 244 g/mol. The molecule has 2 N–H and O–H groups in total. The Morgan fingerprint density at radius 3 is 2.56 bits per heavy atom. The number of aromatic hydroxyl groups is 1. The van der Waals surface area contributed by atoms with Gasteiger partial charge >= 0.3 is 5.97 Å². The van der Waals surface area contributed by atoms with E-state index >= 15 is 0 Å². The van der Waals surface area contributed by atoms with Crippen molar-refractivity contribution in [1.82, 2.24) is 0 Å². The van der Waals surface area contributed by atoms with Crippen LogP contribution in [0.5, 0.6) is 5.75 Å². The topological polar surface area (TPSA) is 57.5 Å². The quantitative estimate of drug-likeness (QED) is 0.855. The molecule has 0 saturated carbocycles. The Morgan fingerprint density at radius 2 is 1.89 bits per heavy atom. The highest BCUT2D eigenvalue weighted by molar-refractivity contribution is 5.72. The summed E-state index contributed by atoms with van der Waals surface area (Å²) in [5, 5.41) is 18.3. The minimum atomic E-state index is -0.801. The summed E-state index contributed by atoms with van der Waals surface area (Å²) in [5.41, 5.74) is 2.96. The molecule has 0 saturated heterocycles. The van der Waals surface area contributed by atoms with Crippen molar-refractivity contribution in [1.29, 1.82) is 0 Å². The Balaban J connectivity index is 2.14. The lowest BCUT2D eigenvalue weighted by molar-refractivity contribution is -0.136. The van der Waals surface area contributed by atoms with Crippen LogP contribution in [0, 0.1) is 0 Å². The third-order valence-electron chi connectivity index (χ3n) is 3.01. The molecule has 18 heavy (non-hydrogen) atoms. The zero-order chi connectivity index (χ0) is 13.0. The molecule has 0 fully saturated rings. The van der Waals surface area contributed by atoms with Crippen LogP contribution in [0.15, 0.2) is 47.6 Å². The molecule has 0 aromatic heterocycles. The van der Waals surface area contributed by atoms with Crippen LogP contribution < -0.4 is 0 Å². The van der Waals surface area contributed by atoms with Gasteiger partial charge in [-0.25, -0.2) is 0 Å². The third kappa shape index (κ3) is 3.23. The average molecular weight is 244 g/mol. The number of phenolic OH excluding ortho intramolecular Hbond substituents is 1. The highest BCUT2D eigenvalue weighted by Crippen LogP contribution is 2.26. The van der Waals surface area contributed by atoms with Crippen molar-refractivity contribution in [2.24, 2.45) is 0 Å². The van der Waals surface area contributed by atoms with Crippen molar-refractivity contribution < 1.29 is 15.0 Å². The summed E-state index contributed by atoms with van der Waals surface area (Å²) in [6.45, 7) is 0. The minimum absolute atomic E-state index is 0.0741. The second kappa shape index (κ2) is 5.54. The van der Waals surface area contributed by atoms with Gasteiger partial charge in [0, 0.05) is 0 Å². The summed E-state index contributed by atoms with van der Waals surface area (Å²) in [7, 11) is 0. The van der Waals surface area contributed by atoms with Crippen LogP contribution in [0.25, 0.3) is 0 Å². The number of carboxylic acids is 1. The molecule has 3 heteroatoms. The average Bonchev–Trinajstić information content (AvgIpc) is 2.31. The van der Waals surface area contributed by atoms with E-state index in [2.05, 4.69) is 6.08 Å². The van der Waals surface area contributed by atoms with E-state index in [0.717, 1.165) is 29.6 Å². The summed E-state index contributed by atoms with van der Waals surface area (Å²) >= 11 is 0. The maximum atomic E-state index is 10.8. The van der Waals surface area contributed by atoms with Crippen molar-refractivity contribution in [3.8, 4) is 5.75 Å². The largest absolute Gasteiger partial charge is 0.508 e. The van der Waals surface area contributed by atoms with E-state index in [0.29, 0.717) is 6.42 Å². The Hall–Kier alpha value is -2.03. The molecule has 1 aromatic rings. The summed E-state index contributed by atoms with van der Waals surface area (Å²) < 4.78 is 0. The van der Waals surface area contributed by atoms with Gasteiger partial charge in [-0.2, -0.15) is 0 Å². The Labute approximate surface area is 106 Å². The van der Waals surface area contributed by atoms with Crippen LogP contribution in [-0.4, -0.2) is 16.2 Å². The summed E-state index contributed by atoms with van der Waals surface area (Å²) in [6, 6.07) is 7.09. The fraction of sp³-hybridized carbons (Fsp3) is 0.267. The molecule has 0 spiro atoms. The van der Waals surface area contributed by atoms with Crippen molar-refractivity contribution in [2.45, 2.75) is 25.7 Å². The smallest absolute Gasteiger partial charge is 0.307 e. The molecular formula is C15H16O3. The van der Waals surface area contributed by atoms with Gasteiger partial charge in [-0.05, 0) is 48.1 Å². The molecular weight excluding hydrogens is 228 g/mol. The minimum Gasteiger partial charge on any atom is -0.508 e. The Morgan fingerprint density at radius 1 is 1.17 bits per heavy atom. The summed E-state index contributed by atoms with van der Waals surface area (Å²) in [4.78, 5) is 10.8. The second-order valence-electron chi connectivity index (χ2n) is 4.45. The van der Waals surface area contributed by atoms with E-state index in [-0.39, 0.29) is 12.2 Å². The first-order valence-corrected chi connectivity index (χ1v) is 6.03. The Kier molecular flexibility index (Phi) is 3.82. The SMILES string of the molecule is O=C(O)CC1=CCCC=C1Cc1cccc(O)c1. The number of carboxylic acid groups (broad SMARTS) is 1. The maximum Gasteiger partial charge on any atom is 0.307 e. The molecule has 0 amide bonds. The first-order chi connectivity index (χ1) is 8.65. The van der Waals surface area contributed by atoms with E-state index in [1.807, 2.05) is 12.1 Å². The van der Waals surface area contributed by atoms with Crippen LogP contribution in [0.4, 0.5) is 0 Å². The number of hydrogen-bond donors (Lipinski definition) is 2. The number of carbonyl (C=O) groups is 1. The first kappa shape index (κ1) is 12.4. The van der Waals surface area contributed by atoms with Gasteiger partial charge in [0.05, 0.1) is 6.42 Å². The predicted molar refractivity (Wildman–Crippen MR) is 69.5 cm³/mol. The highest BCUT2D eigenvalue weighted by atomic mass is 16.4. The molecule has 94 valence electrons. The zero-order valence-corrected chi connectivity index (χ0v) is 10.1. The van der Waals surface area contributed by atoms with Crippen molar-refractivity contribution in [2.75, 3.05) is 0 Å². The maximum absolute atomic E-state index is 10.8. The molecule has 3 nitrogen and oxygen atoms in total. The third-order valence-corrected chi connectivity index (χ3v) is 3.01. The number of benzene rings is 1. The molecule has 0 radical (unpaired) electrons. The van der Waals surface area contributed by atoms with Gasteiger partial charge in [-0.15, -0.1) is 0 Å². The van der Waals surface area contributed by atoms with Crippen LogP contribution in [-0.2, 0) is 11.2 Å². The number of hydrogen-bond acceptors (Lipinski definition) is 2. The molecule has 0 bridgehead atoms. The van der Waals surface area contributed by atoms with E-state index in [1.54, 1.807) is 18.2 Å². The van der Waals surface area contributed by atoms with Crippen LogP contribution in [0.2, 0.25) is 0 Å². The lowest BCUT2D eigenvalue weighted by atomic mass is 9.90. The molecule has 0 heterocycles. The van der Waals surface area contributed by atoms with Crippen LogP contribution >= 0.6 is 0 Å². The molecule has 0 atom stereocenters. The zero-order valence-electron chi connectivity index (χ0n) is 10.1. The van der Waals surface area contributed by atoms with Crippen molar-refractivity contribution >= 4 is 5.97 Å². The van der Waals surface area contributed by atoms with Crippen molar-refractivity contribution in [3.05, 3.63) is 53.1 Å². The molecule has 1 aliphatic carbocycles. The normalized spacial score (nSPS) is 14.9. The summed E-state index contributed by atoms with van der Waals surface area (Å²) in [6.07, 6.45) is 6.72. The number of phenols is 1.